The molecule has 0 aliphatic rings. The third-order valence-corrected chi connectivity index (χ3v) is 4.59. The molecule has 23 heavy (non-hydrogen) atoms. The maximum Gasteiger partial charge on any atom is 0.275 e. The van der Waals surface area contributed by atoms with Crippen LogP contribution in [0.5, 0.6) is 0 Å². The maximum absolute atomic E-state index is 12.4. The standard InChI is InChI=1S/C16H15BrN4OS/c1-3-21-14(8-10(2)20-21)15(22)19-16-18-13(9-23-16)11-4-6-12(17)7-5-11/h4-9H,3H2,1-2H3,(H,18,19,22). The van der Waals surface area contributed by atoms with Crippen LogP contribution in [0.2, 0.25) is 0 Å². The molecule has 5 nitrogen and oxygen atoms in total. The molecule has 7 heteroatoms. The van der Waals surface area contributed by atoms with E-state index in [1.165, 1.54) is 11.3 Å². The molecule has 2 heterocycles. The molecule has 0 atom stereocenters. The van der Waals surface area contributed by atoms with Crippen molar-refractivity contribution in [2.75, 3.05) is 5.32 Å². The number of rotatable bonds is 4. The summed E-state index contributed by atoms with van der Waals surface area (Å²) in [6.07, 6.45) is 0. The van der Waals surface area contributed by atoms with E-state index < -0.39 is 0 Å². The van der Waals surface area contributed by atoms with E-state index in [0.29, 0.717) is 17.4 Å². The summed E-state index contributed by atoms with van der Waals surface area (Å²) in [5.41, 5.74) is 3.23. The number of amides is 1. The van der Waals surface area contributed by atoms with Crippen LogP contribution in [0.4, 0.5) is 5.13 Å². The minimum absolute atomic E-state index is 0.191. The van der Waals surface area contributed by atoms with Gasteiger partial charge in [-0.3, -0.25) is 14.8 Å². The van der Waals surface area contributed by atoms with E-state index in [1.807, 2.05) is 43.5 Å². The highest BCUT2D eigenvalue weighted by Crippen LogP contribution is 2.26. The van der Waals surface area contributed by atoms with E-state index in [2.05, 4.69) is 31.3 Å². The maximum atomic E-state index is 12.4. The zero-order chi connectivity index (χ0) is 16.4. The Hall–Kier alpha value is -1.99. The molecule has 118 valence electrons. The molecule has 0 radical (unpaired) electrons. The number of anilines is 1. The second kappa shape index (κ2) is 6.64. The summed E-state index contributed by atoms with van der Waals surface area (Å²) in [6.45, 7) is 4.48. The Morgan fingerprint density at radius 2 is 2.09 bits per heavy atom. The Balaban J connectivity index is 1.78. The quantitative estimate of drug-likeness (QED) is 0.720. The van der Waals surface area contributed by atoms with Crippen LogP contribution in [0.3, 0.4) is 0 Å². The molecule has 0 fully saturated rings. The summed E-state index contributed by atoms with van der Waals surface area (Å²) in [6, 6.07) is 9.69. The lowest BCUT2D eigenvalue weighted by Crippen LogP contribution is -2.17. The number of aromatic nitrogens is 3. The second-order valence-electron chi connectivity index (χ2n) is 4.99. The number of benzene rings is 1. The Morgan fingerprint density at radius 1 is 1.35 bits per heavy atom. The van der Waals surface area contributed by atoms with E-state index in [0.717, 1.165) is 21.4 Å². The largest absolute Gasteiger partial charge is 0.296 e. The fraction of sp³-hybridized carbons (Fsp3) is 0.188. The van der Waals surface area contributed by atoms with Gasteiger partial charge in [0.2, 0.25) is 0 Å². The molecule has 0 saturated carbocycles. The third-order valence-electron chi connectivity index (χ3n) is 3.30. The summed E-state index contributed by atoms with van der Waals surface area (Å²) in [7, 11) is 0. The minimum Gasteiger partial charge on any atom is -0.296 e. The topological polar surface area (TPSA) is 59.8 Å². The normalized spacial score (nSPS) is 10.7. The van der Waals surface area contributed by atoms with Crippen LogP contribution in [-0.4, -0.2) is 20.7 Å². The molecule has 2 aromatic heterocycles. The average Bonchev–Trinajstić information content (AvgIpc) is 3.14. The number of halogens is 1. The van der Waals surface area contributed by atoms with Crippen LogP contribution in [0.25, 0.3) is 11.3 Å². The van der Waals surface area contributed by atoms with Gasteiger partial charge < -0.3 is 0 Å². The van der Waals surface area contributed by atoms with Crippen molar-refractivity contribution in [1.82, 2.24) is 14.8 Å². The summed E-state index contributed by atoms with van der Waals surface area (Å²) in [5, 5.41) is 9.64. The van der Waals surface area contributed by atoms with Gasteiger partial charge in [-0.05, 0) is 32.0 Å². The molecular formula is C16H15BrN4OS. The molecule has 1 N–H and O–H groups in total. The summed E-state index contributed by atoms with van der Waals surface area (Å²) in [5.74, 6) is -0.191. The van der Waals surface area contributed by atoms with Crippen molar-refractivity contribution in [1.29, 1.82) is 0 Å². The van der Waals surface area contributed by atoms with Crippen molar-refractivity contribution in [3.63, 3.8) is 0 Å². The van der Waals surface area contributed by atoms with Crippen LogP contribution in [0.1, 0.15) is 23.1 Å². The predicted molar refractivity (Wildman–Crippen MR) is 95.8 cm³/mol. The number of thiazole rings is 1. The van der Waals surface area contributed by atoms with Gasteiger partial charge in [-0.1, -0.05) is 28.1 Å². The zero-order valence-electron chi connectivity index (χ0n) is 12.7. The Bertz CT molecular complexity index is 838. The number of nitrogens with zero attached hydrogens (tertiary/aromatic N) is 3. The van der Waals surface area contributed by atoms with Crippen molar-refractivity contribution in [2.24, 2.45) is 0 Å². The Kier molecular flexibility index (Phi) is 4.58. The van der Waals surface area contributed by atoms with Crippen molar-refractivity contribution in [2.45, 2.75) is 20.4 Å². The molecule has 1 aromatic carbocycles. The van der Waals surface area contributed by atoms with Crippen LogP contribution in [0.15, 0.2) is 40.2 Å². The van der Waals surface area contributed by atoms with E-state index >= 15 is 0 Å². The van der Waals surface area contributed by atoms with E-state index in [9.17, 15) is 4.79 Å². The highest BCUT2D eigenvalue weighted by Gasteiger charge is 2.15. The molecule has 3 aromatic rings. The van der Waals surface area contributed by atoms with Gasteiger partial charge >= 0.3 is 0 Å². The van der Waals surface area contributed by atoms with Crippen molar-refractivity contribution in [3.05, 3.63) is 51.6 Å². The summed E-state index contributed by atoms with van der Waals surface area (Å²) < 4.78 is 2.71. The molecule has 0 spiro atoms. The molecule has 0 bridgehead atoms. The molecule has 0 aliphatic heterocycles. The number of carbonyl (C=O) groups is 1. The molecular weight excluding hydrogens is 376 g/mol. The lowest BCUT2D eigenvalue weighted by molar-refractivity contribution is 0.101. The van der Waals surface area contributed by atoms with Gasteiger partial charge in [-0.25, -0.2) is 4.98 Å². The smallest absolute Gasteiger partial charge is 0.275 e. The fourth-order valence-electron chi connectivity index (χ4n) is 2.21. The Labute approximate surface area is 146 Å². The lowest BCUT2D eigenvalue weighted by atomic mass is 10.2. The van der Waals surface area contributed by atoms with Gasteiger partial charge in [0.05, 0.1) is 11.4 Å². The monoisotopic (exact) mass is 390 g/mol. The fourth-order valence-corrected chi connectivity index (χ4v) is 3.19. The third kappa shape index (κ3) is 3.51. The van der Waals surface area contributed by atoms with Crippen LogP contribution < -0.4 is 5.32 Å². The van der Waals surface area contributed by atoms with Crippen molar-refractivity contribution in [3.8, 4) is 11.3 Å². The molecule has 1 amide bonds. The SMILES string of the molecule is CCn1nc(C)cc1C(=O)Nc1nc(-c2ccc(Br)cc2)cs1. The van der Waals surface area contributed by atoms with Crippen molar-refractivity contribution >= 4 is 38.3 Å². The average molecular weight is 391 g/mol. The van der Waals surface area contributed by atoms with E-state index in [-0.39, 0.29) is 5.91 Å². The van der Waals surface area contributed by atoms with E-state index in [1.54, 1.807) is 10.7 Å². The molecule has 3 rings (SSSR count). The van der Waals surface area contributed by atoms with Crippen LogP contribution in [-0.2, 0) is 6.54 Å². The summed E-state index contributed by atoms with van der Waals surface area (Å²) >= 11 is 4.82. The first-order chi connectivity index (χ1) is 11.1. The lowest BCUT2D eigenvalue weighted by Gasteiger charge is -2.03. The number of nitrogens with one attached hydrogen (secondary N) is 1. The van der Waals surface area contributed by atoms with Gasteiger partial charge in [0.25, 0.3) is 5.91 Å². The van der Waals surface area contributed by atoms with Gasteiger partial charge in [0.15, 0.2) is 5.13 Å². The van der Waals surface area contributed by atoms with Crippen LogP contribution in [0, 0.1) is 6.92 Å². The minimum atomic E-state index is -0.191. The highest BCUT2D eigenvalue weighted by molar-refractivity contribution is 9.10. The van der Waals surface area contributed by atoms with Crippen molar-refractivity contribution < 1.29 is 4.79 Å². The zero-order valence-corrected chi connectivity index (χ0v) is 15.1. The molecule has 0 unspecified atom stereocenters. The molecule has 0 aliphatic carbocycles. The number of hydrogen-bond donors (Lipinski definition) is 1. The van der Waals surface area contributed by atoms with Gasteiger partial charge in [-0.2, -0.15) is 5.10 Å². The van der Waals surface area contributed by atoms with E-state index in [4.69, 9.17) is 0 Å². The number of carbonyl (C=O) groups excluding carboxylic acids is 1. The van der Waals surface area contributed by atoms with Crippen LogP contribution >= 0.6 is 27.3 Å². The Morgan fingerprint density at radius 3 is 2.78 bits per heavy atom. The number of hydrogen-bond acceptors (Lipinski definition) is 4. The first-order valence-electron chi connectivity index (χ1n) is 7.14. The summed E-state index contributed by atoms with van der Waals surface area (Å²) in [4.78, 5) is 16.9. The number of aryl methyl sites for hydroxylation is 2. The molecule has 0 saturated heterocycles. The first-order valence-corrected chi connectivity index (χ1v) is 8.81. The van der Waals surface area contributed by atoms with Gasteiger partial charge in [-0.15, -0.1) is 11.3 Å². The predicted octanol–water partition coefficient (Wildman–Crippen LogP) is 4.35. The van der Waals surface area contributed by atoms with Gasteiger partial charge in [0, 0.05) is 22.0 Å². The highest BCUT2D eigenvalue weighted by atomic mass is 79.9. The van der Waals surface area contributed by atoms with Gasteiger partial charge in [0.1, 0.15) is 5.69 Å². The first kappa shape index (κ1) is 15.9. The second-order valence-corrected chi connectivity index (χ2v) is 6.76.